The maximum absolute atomic E-state index is 11.8. The first-order chi connectivity index (χ1) is 6.41. The Labute approximate surface area is 84.4 Å². The molecule has 0 aromatic carbocycles. The van der Waals surface area contributed by atoms with Crippen molar-refractivity contribution in [2.45, 2.75) is 57.3 Å². The topological polar surface area (TPSA) is 46.5 Å². The molecule has 2 aliphatic heterocycles. The van der Waals surface area contributed by atoms with Crippen molar-refractivity contribution in [3.63, 3.8) is 0 Å². The quantitative estimate of drug-likeness (QED) is 0.690. The van der Waals surface area contributed by atoms with Gasteiger partial charge >= 0.3 is 0 Å². The van der Waals surface area contributed by atoms with Crippen molar-refractivity contribution < 1.29 is 14.6 Å². The van der Waals surface area contributed by atoms with Crippen LogP contribution in [0.1, 0.15) is 40.0 Å². The van der Waals surface area contributed by atoms with Gasteiger partial charge < -0.3 is 9.84 Å². The summed E-state index contributed by atoms with van der Waals surface area (Å²) in [6, 6.07) is 0. The number of rotatable bonds is 1. The Balaban J connectivity index is 2.38. The van der Waals surface area contributed by atoms with Crippen LogP contribution in [0.5, 0.6) is 0 Å². The van der Waals surface area contributed by atoms with Gasteiger partial charge in [0.2, 0.25) is 0 Å². The molecule has 3 atom stereocenters. The summed E-state index contributed by atoms with van der Waals surface area (Å²) in [5.74, 6) is 0.339. The molecule has 0 aliphatic carbocycles. The minimum absolute atomic E-state index is 0.155. The summed E-state index contributed by atoms with van der Waals surface area (Å²) in [5, 5.41) is 9.97. The van der Waals surface area contributed by atoms with Gasteiger partial charge in [-0.25, -0.2) is 0 Å². The molecular formula is C11H18O3. The summed E-state index contributed by atoms with van der Waals surface area (Å²) in [7, 11) is 0. The van der Waals surface area contributed by atoms with Crippen LogP contribution in [-0.4, -0.2) is 28.2 Å². The number of ether oxygens (including phenoxy) is 1. The maximum atomic E-state index is 11.8. The molecule has 0 saturated carbocycles. The average Bonchev–Trinajstić information content (AvgIpc) is 2.32. The van der Waals surface area contributed by atoms with E-state index in [1.165, 1.54) is 0 Å². The molecule has 0 aromatic heterocycles. The first-order valence-corrected chi connectivity index (χ1v) is 5.32. The zero-order valence-corrected chi connectivity index (χ0v) is 9.04. The van der Waals surface area contributed by atoms with Gasteiger partial charge in [0.1, 0.15) is 11.2 Å². The van der Waals surface area contributed by atoms with Gasteiger partial charge in [0, 0.05) is 6.42 Å². The van der Waals surface area contributed by atoms with Crippen LogP contribution in [0, 0.1) is 5.92 Å². The van der Waals surface area contributed by atoms with E-state index in [-0.39, 0.29) is 11.7 Å². The zero-order valence-electron chi connectivity index (χ0n) is 9.04. The standard InChI is InChI=1S/C11H18O3/c1-7(2)11-6-9(13)10(3,14-11)5-4-8(11)12/h7-8,12H,4-6H2,1-3H3/t8-,10-,11+/m0/s1. The van der Waals surface area contributed by atoms with E-state index in [1.807, 2.05) is 20.8 Å². The number of aliphatic hydroxyl groups excluding tert-OH is 1. The van der Waals surface area contributed by atoms with Crippen molar-refractivity contribution in [1.82, 2.24) is 0 Å². The van der Waals surface area contributed by atoms with Gasteiger partial charge in [0.05, 0.1) is 6.10 Å². The fraction of sp³-hybridized carbons (Fsp3) is 0.909. The predicted octanol–water partition coefficient (Wildman–Crippen LogP) is 1.28. The molecule has 0 unspecified atom stereocenters. The number of ketones is 1. The number of fused-ring (bicyclic) bond motifs is 2. The molecule has 3 heteroatoms. The highest BCUT2D eigenvalue weighted by Gasteiger charge is 2.60. The monoisotopic (exact) mass is 198 g/mol. The lowest BCUT2D eigenvalue weighted by Gasteiger charge is -2.43. The van der Waals surface area contributed by atoms with E-state index in [1.54, 1.807) is 0 Å². The third-order valence-corrected chi connectivity index (χ3v) is 3.88. The Morgan fingerprint density at radius 1 is 1.57 bits per heavy atom. The molecule has 2 rings (SSSR count). The highest BCUT2D eigenvalue weighted by atomic mass is 16.6. The summed E-state index contributed by atoms with van der Waals surface area (Å²) < 4.78 is 5.86. The van der Waals surface area contributed by atoms with E-state index in [4.69, 9.17) is 4.74 Å². The number of carbonyl (C=O) groups is 1. The zero-order chi connectivity index (χ0) is 10.6. The number of Topliss-reactive ketones (excluding diaryl/α,β-unsaturated/α-hetero) is 1. The maximum Gasteiger partial charge on any atom is 0.167 e. The molecule has 1 N–H and O–H groups in total. The van der Waals surface area contributed by atoms with Crippen LogP contribution >= 0.6 is 0 Å². The summed E-state index contributed by atoms with van der Waals surface area (Å²) in [6.07, 6.45) is 1.23. The molecule has 0 spiro atoms. The lowest BCUT2D eigenvalue weighted by atomic mass is 9.81. The lowest BCUT2D eigenvalue weighted by molar-refractivity contribution is -0.205. The lowest BCUT2D eigenvalue weighted by Crippen LogP contribution is -2.52. The van der Waals surface area contributed by atoms with E-state index >= 15 is 0 Å². The first kappa shape index (κ1) is 10.1. The normalized spacial score (nSPS) is 47.5. The minimum Gasteiger partial charge on any atom is -0.390 e. The molecule has 0 amide bonds. The molecular weight excluding hydrogens is 180 g/mol. The Morgan fingerprint density at radius 2 is 2.21 bits per heavy atom. The second kappa shape index (κ2) is 2.80. The average molecular weight is 198 g/mol. The Morgan fingerprint density at radius 3 is 2.71 bits per heavy atom. The third kappa shape index (κ3) is 1.09. The number of hydrogen-bond acceptors (Lipinski definition) is 3. The van der Waals surface area contributed by atoms with Crippen LogP contribution < -0.4 is 0 Å². The van der Waals surface area contributed by atoms with Crippen LogP contribution in [0.15, 0.2) is 0 Å². The van der Waals surface area contributed by atoms with E-state index < -0.39 is 17.3 Å². The summed E-state index contributed by atoms with van der Waals surface area (Å²) >= 11 is 0. The van der Waals surface area contributed by atoms with E-state index in [0.29, 0.717) is 19.3 Å². The van der Waals surface area contributed by atoms with Crippen molar-refractivity contribution in [2.75, 3.05) is 0 Å². The second-order valence-electron chi connectivity index (χ2n) is 5.10. The van der Waals surface area contributed by atoms with Gasteiger partial charge in [0.15, 0.2) is 5.78 Å². The molecule has 2 aliphatic rings. The van der Waals surface area contributed by atoms with Crippen LogP contribution in [0.4, 0.5) is 0 Å². The Kier molecular flexibility index (Phi) is 2.02. The van der Waals surface area contributed by atoms with Crippen molar-refractivity contribution in [3.05, 3.63) is 0 Å². The van der Waals surface area contributed by atoms with E-state index in [0.717, 1.165) is 0 Å². The highest BCUT2D eigenvalue weighted by Crippen LogP contribution is 2.49. The minimum atomic E-state index is -0.622. The van der Waals surface area contributed by atoms with Gasteiger partial charge in [-0.15, -0.1) is 0 Å². The number of hydrogen-bond donors (Lipinski definition) is 1. The Bertz CT molecular complexity index is 274. The summed E-state index contributed by atoms with van der Waals surface area (Å²) in [6.45, 7) is 5.87. The van der Waals surface area contributed by atoms with Crippen molar-refractivity contribution in [3.8, 4) is 0 Å². The SMILES string of the molecule is CC(C)[C@]12CC(=O)[C@](C)(CC[C@@H]1O)O2. The molecule has 80 valence electrons. The van der Waals surface area contributed by atoms with Crippen LogP contribution in [-0.2, 0) is 9.53 Å². The first-order valence-electron chi connectivity index (χ1n) is 5.32. The van der Waals surface area contributed by atoms with E-state index in [9.17, 15) is 9.90 Å². The van der Waals surface area contributed by atoms with Gasteiger partial charge in [-0.2, -0.15) is 0 Å². The molecule has 2 fully saturated rings. The van der Waals surface area contributed by atoms with E-state index in [2.05, 4.69) is 0 Å². The molecule has 0 aromatic rings. The largest absolute Gasteiger partial charge is 0.390 e. The molecule has 2 heterocycles. The van der Waals surface area contributed by atoms with Crippen LogP contribution in [0.25, 0.3) is 0 Å². The molecule has 3 nitrogen and oxygen atoms in total. The molecule has 2 saturated heterocycles. The van der Waals surface area contributed by atoms with Gasteiger partial charge in [-0.1, -0.05) is 13.8 Å². The molecule has 2 bridgehead atoms. The van der Waals surface area contributed by atoms with Crippen molar-refractivity contribution >= 4 is 5.78 Å². The number of aliphatic hydroxyl groups is 1. The second-order valence-corrected chi connectivity index (χ2v) is 5.10. The molecule has 0 radical (unpaired) electrons. The summed E-state index contributed by atoms with van der Waals surface area (Å²) in [4.78, 5) is 11.8. The smallest absolute Gasteiger partial charge is 0.167 e. The fourth-order valence-electron chi connectivity index (χ4n) is 2.69. The molecule has 14 heavy (non-hydrogen) atoms. The Hall–Kier alpha value is -0.410. The fourth-order valence-corrected chi connectivity index (χ4v) is 2.69. The predicted molar refractivity (Wildman–Crippen MR) is 51.9 cm³/mol. The number of carbonyl (C=O) groups excluding carboxylic acids is 1. The van der Waals surface area contributed by atoms with Crippen LogP contribution in [0.2, 0.25) is 0 Å². The summed E-state index contributed by atoms with van der Waals surface area (Å²) in [5.41, 5.74) is -1.23. The third-order valence-electron chi connectivity index (χ3n) is 3.88. The van der Waals surface area contributed by atoms with Crippen molar-refractivity contribution in [1.29, 1.82) is 0 Å². The van der Waals surface area contributed by atoms with Crippen molar-refractivity contribution in [2.24, 2.45) is 5.92 Å². The van der Waals surface area contributed by atoms with Crippen LogP contribution in [0.3, 0.4) is 0 Å². The van der Waals surface area contributed by atoms with Gasteiger partial charge in [-0.3, -0.25) is 4.79 Å². The van der Waals surface area contributed by atoms with Gasteiger partial charge in [-0.05, 0) is 25.7 Å². The van der Waals surface area contributed by atoms with Gasteiger partial charge in [0.25, 0.3) is 0 Å². The highest BCUT2D eigenvalue weighted by molar-refractivity contribution is 5.90.